The van der Waals surface area contributed by atoms with Crippen LogP contribution in [0.4, 0.5) is 10.7 Å². The summed E-state index contributed by atoms with van der Waals surface area (Å²) < 4.78 is 4.66. The molecule has 0 amide bonds. The first-order valence-electron chi connectivity index (χ1n) is 6.21. The molecule has 1 aliphatic rings. The SMILES string of the molecule is CCC1(CNc2sc(C(=O)OC)c(N)c2C#N)CC1. The van der Waals surface area contributed by atoms with Crippen LogP contribution in [-0.2, 0) is 4.74 Å². The van der Waals surface area contributed by atoms with Gasteiger partial charge in [0.1, 0.15) is 21.5 Å². The van der Waals surface area contributed by atoms with E-state index in [0.717, 1.165) is 13.0 Å². The molecule has 0 spiro atoms. The number of nitrogens with two attached hydrogens (primary N) is 1. The van der Waals surface area contributed by atoms with Gasteiger partial charge < -0.3 is 15.8 Å². The van der Waals surface area contributed by atoms with E-state index in [-0.39, 0.29) is 5.69 Å². The normalized spacial score (nSPS) is 15.6. The number of nitrogens with one attached hydrogen (secondary N) is 1. The Kier molecular flexibility index (Phi) is 3.67. The van der Waals surface area contributed by atoms with Crippen molar-refractivity contribution in [1.82, 2.24) is 0 Å². The molecule has 19 heavy (non-hydrogen) atoms. The Balaban J connectivity index is 2.20. The zero-order chi connectivity index (χ0) is 14.0. The van der Waals surface area contributed by atoms with Crippen LogP contribution in [0.1, 0.15) is 41.4 Å². The molecule has 2 rings (SSSR count). The summed E-state index contributed by atoms with van der Waals surface area (Å²) in [6.45, 7) is 2.99. The Morgan fingerprint density at radius 2 is 2.32 bits per heavy atom. The number of thiophene rings is 1. The van der Waals surface area contributed by atoms with E-state index in [4.69, 9.17) is 11.0 Å². The molecule has 1 fully saturated rings. The molecule has 0 atom stereocenters. The first kappa shape index (κ1) is 13.7. The van der Waals surface area contributed by atoms with Crippen LogP contribution in [0.5, 0.6) is 0 Å². The summed E-state index contributed by atoms with van der Waals surface area (Å²) in [6, 6.07) is 2.05. The van der Waals surface area contributed by atoms with E-state index >= 15 is 0 Å². The Morgan fingerprint density at radius 3 is 2.79 bits per heavy atom. The van der Waals surface area contributed by atoms with Gasteiger partial charge >= 0.3 is 5.97 Å². The molecular weight excluding hydrogens is 262 g/mol. The molecule has 0 bridgehead atoms. The number of nitrogen functional groups attached to an aromatic ring is 1. The molecule has 5 nitrogen and oxygen atoms in total. The van der Waals surface area contributed by atoms with Gasteiger partial charge in [0.15, 0.2) is 0 Å². The highest BCUT2D eigenvalue weighted by Crippen LogP contribution is 2.49. The summed E-state index contributed by atoms with van der Waals surface area (Å²) in [5, 5.41) is 13.1. The molecule has 1 aromatic heterocycles. The maximum atomic E-state index is 11.6. The minimum atomic E-state index is -0.497. The number of hydrogen-bond acceptors (Lipinski definition) is 6. The number of hydrogen-bond donors (Lipinski definition) is 2. The monoisotopic (exact) mass is 279 g/mol. The van der Waals surface area contributed by atoms with Crippen LogP contribution in [0.15, 0.2) is 0 Å². The third kappa shape index (κ3) is 2.51. The van der Waals surface area contributed by atoms with Gasteiger partial charge in [0.2, 0.25) is 0 Å². The second-order valence-electron chi connectivity index (χ2n) is 4.86. The van der Waals surface area contributed by atoms with E-state index in [1.807, 2.05) is 0 Å². The second-order valence-corrected chi connectivity index (χ2v) is 5.88. The lowest BCUT2D eigenvalue weighted by atomic mass is 10.0. The summed E-state index contributed by atoms with van der Waals surface area (Å²) in [4.78, 5) is 11.9. The van der Waals surface area contributed by atoms with Gasteiger partial charge in [-0.3, -0.25) is 0 Å². The van der Waals surface area contributed by atoms with Gasteiger partial charge in [0, 0.05) is 6.54 Å². The smallest absolute Gasteiger partial charge is 0.350 e. The number of nitrogens with zero attached hydrogens (tertiary/aromatic N) is 1. The Morgan fingerprint density at radius 1 is 1.63 bits per heavy atom. The minimum Gasteiger partial charge on any atom is -0.465 e. The van der Waals surface area contributed by atoms with E-state index in [1.165, 1.54) is 31.3 Å². The standard InChI is InChI=1S/C13H17N3O2S/c1-3-13(4-5-13)7-16-11-8(6-14)9(15)10(19-11)12(17)18-2/h16H,3-5,7,15H2,1-2H3. The molecule has 0 radical (unpaired) electrons. The van der Waals surface area contributed by atoms with E-state index < -0.39 is 5.97 Å². The highest BCUT2D eigenvalue weighted by molar-refractivity contribution is 7.18. The fourth-order valence-electron chi connectivity index (χ4n) is 2.02. The summed E-state index contributed by atoms with van der Waals surface area (Å²) >= 11 is 1.19. The van der Waals surface area contributed by atoms with Gasteiger partial charge in [0.25, 0.3) is 0 Å². The highest BCUT2D eigenvalue weighted by Gasteiger charge is 2.40. The lowest BCUT2D eigenvalue weighted by Gasteiger charge is -2.13. The highest BCUT2D eigenvalue weighted by atomic mass is 32.1. The van der Waals surface area contributed by atoms with E-state index in [0.29, 0.717) is 20.9 Å². The number of carbonyl (C=O) groups excluding carboxylic acids is 1. The van der Waals surface area contributed by atoms with Crippen molar-refractivity contribution in [3.8, 4) is 6.07 Å². The van der Waals surface area contributed by atoms with E-state index in [9.17, 15) is 4.79 Å². The number of nitriles is 1. The van der Waals surface area contributed by atoms with Crippen molar-refractivity contribution in [2.24, 2.45) is 5.41 Å². The summed E-state index contributed by atoms with van der Waals surface area (Å²) in [6.07, 6.45) is 3.54. The average Bonchev–Trinajstić information content (AvgIpc) is 3.14. The van der Waals surface area contributed by atoms with Crippen molar-refractivity contribution in [1.29, 1.82) is 5.26 Å². The van der Waals surface area contributed by atoms with Crippen LogP contribution < -0.4 is 11.1 Å². The Bertz CT molecular complexity index is 541. The first-order valence-corrected chi connectivity index (χ1v) is 7.03. The van der Waals surface area contributed by atoms with Gasteiger partial charge in [-0.2, -0.15) is 5.26 Å². The molecule has 102 valence electrons. The molecule has 1 heterocycles. The van der Waals surface area contributed by atoms with Gasteiger partial charge in [-0.05, 0) is 24.7 Å². The predicted molar refractivity (Wildman–Crippen MR) is 75.2 cm³/mol. The second kappa shape index (κ2) is 5.10. The number of ether oxygens (including phenoxy) is 1. The van der Waals surface area contributed by atoms with Crippen molar-refractivity contribution >= 4 is 28.0 Å². The number of methoxy groups -OCH3 is 1. The third-order valence-corrected chi connectivity index (χ3v) is 4.90. The number of esters is 1. The van der Waals surface area contributed by atoms with Crippen molar-refractivity contribution in [2.75, 3.05) is 24.7 Å². The quantitative estimate of drug-likeness (QED) is 0.809. The van der Waals surface area contributed by atoms with Crippen molar-refractivity contribution < 1.29 is 9.53 Å². The fourth-order valence-corrected chi connectivity index (χ4v) is 3.01. The summed E-state index contributed by atoms with van der Waals surface area (Å²) in [7, 11) is 1.30. The Labute approximate surface area is 116 Å². The predicted octanol–water partition coefficient (Wildman–Crippen LogP) is 2.59. The van der Waals surface area contributed by atoms with Crippen LogP contribution in [-0.4, -0.2) is 19.6 Å². The van der Waals surface area contributed by atoms with Gasteiger partial charge in [-0.25, -0.2) is 4.79 Å². The van der Waals surface area contributed by atoms with Crippen molar-refractivity contribution in [2.45, 2.75) is 26.2 Å². The van der Waals surface area contributed by atoms with Crippen molar-refractivity contribution in [3.05, 3.63) is 10.4 Å². The fraction of sp³-hybridized carbons (Fsp3) is 0.538. The number of anilines is 2. The van der Waals surface area contributed by atoms with Gasteiger partial charge in [-0.1, -0.05) is 6.92 Å². The molecule has 1 aliphatic carbocycles. The molecule has 0 aromatic carbocycles. The van der Waals surface area contributed by atoms with Gasteiger partial charge in [-0.15, -0.1) is 11.3 Å². The maximum Gasteiger partial charge on any atom is 0.350 e. The largest absolute Gasteiger partial charge is 0.465 e. The lowest BCUT2D eigenvalue weighted by Crippen LogP contribution is -2.14. The zero-order valence-corrected chi connectivity index (χ0v) is 11.9. The molecule has 0 unspecified atom stereocenters. The summed E-state index contributed by atoms with van der Waals surface area (Å²) in [5.74, 6) is -0.497. The van der Waals surface area contributed by atoms with E-state index in [2.05, 4.69) is 23.0 Å². The topological polar surface area (TPSA) is 88.1 Å². The maximum absolute atomic E-state index is 11.6. The number of carbonyl (C=O) groups is 1. The zero-order valence-electron chi connectivity index (χ0n) is 11.1. The average molecular weight is 279 g/mol. The molecule has 1 aromatic rings. The van der Waals surface area contributed by atoms with Crippen molar-refractivity contribution in [3.63, 3.8) is 0 Å². The van der Waals surface area contributed by atoms with Crippen LogP contribution >= 0.6 is 11.3 Å². The van der Waals surface area contributed by atoms with Crippen LogP contribution in [0, 0.1) is 16.7 Å². The Hall–Kier alpha value is -1.74. The van der Waals surface area contributed by atoms with E-state index in [1.54, 1.807) is 0 Å². The first-order chi connectivity index (χ1) is 9.06. The third-order valence-electron chi connectivity index (χ3n) is 3.76. The van der Waals surface area contributed by atoms with Crippen LogP contribution in [0.2, 0.25) is 0 Å². The molecular formula is C13H17N3O2S. The molecule has 6 heteroatoms. The van der Waals surface area contributed by atoms with Crippen LogP contribution in [0.3, 0.4) is 0 Å². The molecule has 0 saturated heterocycles. The molecule has 0 aliphatic heterocycles. The van der Waals surface area contributed by atoms with Crippen LogP contribution in [0.25, 0.3) is 0 Å². The summed E-state index contributed by atoms with van der Waals surface area (Å²) in [5.41, 5.74) is 6.74. The minimum absolute atomic E-state index is 0.211. The van der Waals surface area contributed by atoms with Gasteiger partial charge in [0.05, 0.1) is 12.8 Å². The lowest BCUT2D eigenvalue weighted by molar-refractivity contribution is 0.0607. The number of rotatable bonds is 5. The molecule has 1 saturated carbocycles. The molecule has 3 N–H and O–H groups in total.